The number of sulfone groups is 1. The predicted octanol–water partition coefficient (Wildman–Crippen LogP) is 7.11. The van der Waals surface area contributed by atoms with Crippen LogP contribution in [0.1, 0.15) is 92.9 Å². The van der Waals surface area contributed by atoms with Gasteiger partial charge in [0.2, 0.25) is 5.89 Å². The van der Waals surface area contributed by atoms with Crippen molar-refractivity contribution in [2.24, 2.45) is 5.73 Å². The van der Waals surface area contributed by atoms with E-state index >= 15 is 0 Å². The standard InChI is InChI=1S/C15H18Cl2N2O3.C15H12F3NO4S.C5H12NO4P/c1-8(2)21-12-7-11(9(16)6-10(12)17)19-14(20)22-13(18-19)15(3,4)5;1-24(21,22)12-6-9(15(16,17)18)4-5-10(12)13(20)11-7-19-23-14(11)8-2-3-8;1-11(9,10)3-2-4(6)5(7)8/h6-8H,1-5H3;4-8H,2-3H2,1H3;4H,2-3,6H2,1H3,(H,7,8)(H,9,10). The molecule has 4 aromatic rings. The number of carboxylic acid groups (broad SMARTS) is 1. The van der Waals surface area contributed by atoms with Gasteiger partial charge < -0.3 is 29.4 Å². The fourth-order valence-corrected chi connectivity index (χ4v) is 6.82. The second-order valence-corrected chi connectivity index (χ2v) is 19.8. The Bertz CT molecular complexity index is 2310. The van der Waals surface area contributed by atoms with E-state index in [0.29, 0.717) is 40.2 Å². The molecule has 5 rings (SSSR count). The number of nitrogens with two attached hydrogens (primary N) is 1. The topological polar surface area (TPSA) is 235 Å². The Balaban J connectivity index is 0.000000245. The van der Waals surface area contributed by atoms with Gasteiger partial charge in [-0.25, -0.2) is 13.2 Å². The highest BCUT2D eigenvalue weighted by atomic mass is 35.5. The van der Waals surface area contributed by atoms with Gasteiger partial charge in [0.25, 0.3) is 0 Å². The van der Waals surface area contributed by atoms with Crippen LogP contribution in [-0.4, -0.2) is 76.3 Å². The number of hydrogen-bond acceptors (Lipinski definition) is 12. The summed E-state index contributed by atoms with van der Waals surface area (Å²) >= 11 is 12.3. The van der Waals surface area contributed by atoms with Gasteiger partial charge in [-0.15, -0.1) is 5.10 Å². The summed E-state index contributed by atoms with van der Waals surface area (Å²) in [6.45, 7) is 10.6. The summed E-state index contributed by atoms with van der Waals surface area (Å²) in [6, 6.07) is 4.12. The third-order valence-corrected chi connectivity index (χ3v) is 10.5. The quantitative estimate of drug-likeness (QED) is 0.101. The van der Waals surface area contributed by atoms with Gasteiger partial charge in [0, 0.05) is 42.0 Å². The average molecular weight is 886 g/mol. The zero-order valence-electron chi connectivity index (χ0n) is 31.8. The lowest BCUT2D eigenvalue weighted by Gasteiger charge is -2.13. The molecule has 2 aromatic heterocycles. The fourth-order valence-electron chi connectivity index (χ4n) is 4.66. The summed E-state index contributed by atoms with van der Waals surface area (Å²) in [5, 5.41) is 16.7. The summed E-state index contributed by atoms with van der Waals surface area (Å²) in [6.07, 6.45) is -1.21. The van der Waals surface area contributed by atoms with E-state index in [1.54, 1.807) is 6.07 Å². The van der Waals surface area contributed by atoms with E-state index in [1.807, 2.05) is 34.6 Å². The Kier molecular flexibility index (Phi) is 15.2. The number of alkyl halides is 3. The highest BCUT2D eigenvalue weighted by Crippen LogP contribution is 2.42. The molecule has 57 heavy (non-hydrogen) atoms. The number of ketones is 1. The molecular weight excluding hydrogens is 843 g/mol. The molecule has 0 bridgehead atoms. The van der Waals surface area contributed by atoms with Crippen molar-refractivity contribution in [2.75, 3.05) is 19.1 Å². The maximum absolute atomic E-state index is 12.8. The SMILES string of the molecule is CC(C)Oc1cc(-n2nc(C(C)(C)C)oc2=O)c(Cl)cc1Cl.CP(=O)(O)CCC(N)C(=O)O.CS(=O)(=O)c1cc(C(F)(F)F)ccc1C(=O)c1cnoc1C1CC1. The largest absolute Gasteiger partial charge is 0.489 e. The number of carbonyl (C=O) groups is 2. The van der Waals surface area contributed by atoms with Crippen molar-refractivity contribution < 1.29 is 59.4 Å². The molecule has 0 aliphatic heterocycles. The zero-order valence-corrected chi connectivity index (χ0v) is 35.0. The minimum Gasteiger partial charge on any atom is -0.489 e. The van der Waals surface area contributed by atoms with Gasteiger partial charge in [0.1, 0.15) is 11.8 Å². The predicted molar refractivity (Wildman–Crippen MR) is 204 cm³/mol. The van der Waals surface area contributed by atoms with Gasteiger partial charge in [0.05, 0.1) is 44.1 Å². The molecule has 1 fully saturated rings. The first-order chi connectivity index (χ1) is 26.0. The second kappa shape index (κ2) is 18.3. The van der Waals surface area contributed by atoms with Crippen LogP contribution in [0.3, 0.4) is 0 Å². The highest BCUT2D eigenvalue weighted by molar-refractivity contribution is 7.90. The number of nitrogens with zero attached hydrogens (tertiary/aromatic N) is 3. The molecule has 15 nitrogen and oxygen atoms in total. The number of aliphatic carboxylic acids is 1. The van der Waals surface area contributed by atoms with Crippen LogP contribution in [0.5, 0.6) is 5.75 Å². The molecule has 0 radical (unpaired) electrons. The van der Waals surface area contributed by atoms with Crippen molar-refractivity contribution in [3.05, 3.63) is 85.5 Å². The van der Waals surface area contributed by atoms with Gasteiger partial charge in [-0.3, -0.25) is 14.2 Å². The molecule has 1 saturated carbocycles. The van der Waals surface area contributed by atoms with Gasteiger partial charge in [-0.1, -0.05) is 49.1 Å². The first-order valence-corrected chi connectivity index (χ1v) is 21.9. The lowest BCUT2D eigenvalue weighted by Crippen LogP contribution is -2.30. The first kappa shape index (κ1) is 47.4. The normalized spacial score (nSPS) is 14.8. The van der Waals surface area contributed by atoms with E-state index in [1.165, 1.54) is 18.9 Å². The molecule has 22 heteroatoms. The van der Waals surface area contributed by atoms with Crippen molar-refractivity contribution in [1.29, 1.82) is 0 Å². The first-order valence-electron chi connectivity index (χ1n) is 17.0. The molecule has 1 aliphatic rings. The summed E-state index contributed by atoms with van der Waals surface area (Å²) in [4.78, 5) is 42.9. The van der Waals surface area contributed by atoms with E-state index in [0.717, 1.165) is 29.8 Å². The molecule has 0 amide bonds. The number of carbonyl (C=O) groups excluding carboxylic acids is 1. The minimum absolute atomic E-state index is 0.0412. The van der Waals surface area contributed by atoms with E-state index in [4.69, 9.17) is 52.6 Å². The fraction of sp³-hybridized carbons (Fsp3) is 0.457. The summed E-state index contributed by atoms with van der Waals surface area (Å²) in [7, 11) is -7.14. The zero-order chi connectivity index (χ0) is 43.4. The van der Waals surface area contributed by atoms with E-state index in [2.05, 4.69) is 10.3 Å². The van der Waals surface area contributed by atoms with E-state index in [-0.39, 0.29) is 46.2 Å². The summed E-state index contributed by atoms with van der Waals surface area (Å²) < 4.78 is 89.9. The lowest BCUT2D eigenvalue weighted by molar-refractivity contribution is -0.139. The Morgan fingerprint density at radius 2 is 1.72 bits per heavy atom. The average Bonchev–Trinajstić information content (AvgIpc) is 3.65. The molecule has 2 unspecified atom stereocenters. The Morgan fingerprint density at radius 3 is 2.19 bits per heavy atom. The number of carboxylic acids is 1. The number of aromatic nitrogens is 3. The van der Waals surface area contributed by atoms with Crippen molar-refractivity contribution in [2.45, 2.75) is 88.4 Å². The summed E-state index contributed by atoms with van der Waals surface area (Å²) in [5.41, 5.74) is 3.70. The van der Waals surface area contributed by atoms with Gasteiger partial charge in [0.15, 0.2) is 28.7 Å². The van der Waals surface area contributed by atoms with Crippen LogP contribution in [0, 0.1) is 0 Å². The number of halogens is 5. The molecule has 314 valence electrons. The second-order valence-electron chi connectivity index (χ2n) is 14.4. The van der Waals surface area contributed by atoms with Crippen LogP contribution in [0.4, 0.5) is 13.2 Å². The molecule has 0 saturated heterocycles. The van der Waals surface area contributed by atoms with Crippen molar-refractivity contribution in [3.8, 4) is 11.4 Å². The van der Waals surface area contributed by atoms with Crippen LogP contribution in [0.25, 0.3) is 5.69 Å². The third kappa shape index (κ3) is 13.5. The Labute approximate surface area is 335 Å². The van der Waals surface area contributed by atoms with Crippen molar-refractivity contribution in [1.82, 2.24) is 14.9 Å². The van der Waals surface area contributed by atoms with Crippen LogP contribution < -0.4 is 16.2 Å². The smallest absolute Gasteiger partial charge is 0.442 e. The molecule has 1 aliphatic carbocycles. The van der Waals surface area contributed by atoms with E-state index in [9.17, 15) is 40.5 Å². The van der Waals surface area contributed by atoms with E-state index < -0.39 is 57.4 Å². The summed E-state index contributed by atoms with van der Waals surface area (Å²) in [5.74, 6) is -1.31. The van der Waals surface area contributed by atoms with Gasteiger partial charge in [-0.05, 0) is 57.4 Å². The van der Waals surface area contributed by atoms with Crippen LogP contribution >= 0.6 is 30.6 Å². The molecule has 2 atom stereocenters. The van der Waals surface area contributed by atoms with Crippen LogP contribution in [-0.2, 0) is 30.8 Å². The van der Waals surface area contributed by atoms with Crippen LogP contribution in [0.2, 0.25) is 10.0 Å². The molecule has 4 N–H and O–H groups in total. The molecule has 2 aromatic carbocycles. The Morgan fingerprint density at radius 1 is 1.11 bits per heavy atom. The number of benzene rings is 2. The maximum Gasteiger partial charge on any atom is 0.442 e. The van der Waals surface area contributed by atoms with Crippen molar-refractivity contribution in [3.63, 3.8) is 0 Å². The number of rotatable bonds is 11. The third-order valence-electron chi connectivity index (χ3n) is 7.70. The Hall–Kier alpha value is -4.00. The lowest BCUT2D eigenvalue weighted by atomic mass is 9.97. The molecule has 0 spiro atoms. The number of ether oxygens (including phenoxy) is 1. The van der Waals surface area contributed by atoms with Crippen LogP contribution in [0.15, 0.2) is 55.2 Å². The van der Waals surface area contributed by atoms with Crippen molar-refractivity contribution >= 4 is 52.2 Å². The molecule has 2 heterocycles. The minimum atomic E-state index is -4.71. The van der Waals surface area contributed by atoms with Gasteiger partial charge >= 0.3 is 17.9 Å². The maximum atomic E-state index is 12.8. The highest BCUT2D eigenvalue weighted by Gasteiger charge is 2.36. The molecular formula is C35H42Cl2F3N4O11PS. The number of hydrogen-bond donors (Lipinski definition) is 3. The van der Waals surface area contributed by atoms with Gasteiger partial charge in [-0.2, -0.15) is 17.9 Å². The monoisotopic (exact) mass is 884 g/mol.